The van der Waals surface area contributed by atoms with Crippen LogP contribution in [0, 0.1) is 24.5 Å². The summed E-state index contributed by atoms with van der Waals surface area (Å²) in [6, 6.07) is 9.15. The molecule has 7 nitrogen and oxygen atoms in total. The Balaban J connectivity index is 0.00000272. The van der Waals surface area contributed by atoms with E-state index in [-0.39, 0.29) is 18.9 Å². The number of nitrogens with zero attached hydrogens (tertiary/aromatic N) is 5. The van der Waals surface area contributed by atoms with Crippen molar-refractivity contribution >= 4 is 23.2 Å². The van der Waals surface area contributed by atoms with Crippen LogP contribution in [0.5, 0.6) is 0 Å². The second kappa shape index (κ2) is 7.74. The summed E-state index contributed by atoms with van der Waals surface area (Å²) in [6.45, 7) is 3.34. The average Bonchev–Trinajstić information content (AvgIpc) is 3.07. The van der Waals surface area contributed by atoms with Crippen molar-refractivity contribution in [3.05, 3.63) is 59.9 Å². The third-order valence-electron chi connectivity index (χ3n) is 4.96. The molecule has 9 heteroatoms. The molecule has 158 valence electrons. The summed E-state index contributed by atoms with van der Waals surface area (Å²) in [5.41, 5.74) is 3.08. The van der Waals surface area contributed by atoms with Crippen LogP contribution in [0.15, 0.2) is 42.7 Å². The molecular weight excluding hydrogens is 390 g/mol. The van der Waals surface area contributed by atoms with Crippen molar-refractivity contribution in [1.29, 1.82) is 0 Å². The van der Waals surface area contributed by atoms with Crippen LogP contribution < -0.4 is 10.2 Å². The Morgan fingerprint density at radius 3 is 2.47 bits per heavy atom. The molecule has 0 atom stereocenters. The molecule has 1 aliphatic heterocycles. The summed E-state index contributed by atoms with van der Waals surface area (Å²) < 4.78 is 28.2. The molecule has 1 N–H and O–H groups in total. The fourth-order valence-corrected chi connectivity index (χ4v) is 3.47. The first-order valence-corrected chi connectivity index (χ1v) is 9.51. The molecule has 3 aromatic rings. The summed E-state index contributed by atoms with van der Waals surface area (Å²) >= 11 is 0. The predicted molar refractivity (Wildman–Crippen MR) is 112 cm³/mol. The Labute approximate surface area is 174 Å². The second-order valence-electron chi connectivity index (χ2n) is 7.66. The highest BCUT2D eigenvalue weighted by molar-refractivity contribution is 5.82. The van der Waals surface area contributed by atoms with Crippen LogP contribution in [-0.2, 0) is 4.79 Å². The van der Waals surface area contributed by atoms with Gasteiger partial charge in [0.25, 0.3) is 0 Å². The number of halogens is 2. The van der Waals surface area contributed by atoms with Gasteiger partial charge in [0.15, 0.2) is 0 Å². The van der Waals surface area contributed by atoms with Gasteiger partial charge >= 0.3 is 0 Å². The van der Waals surface area contributed by atoms with E-state index in [0.717, 1.165) is 23.0 Å². The van der Waals surface area contributed by atoms with E-state index < -0.39 is 11.6 Å². The zero-order chi connectivity index (χ0) is 21.4. The zero-order valence-electron chi connectivity index (χ0n) is 16.9. The van der Waals surface area contributed by atoms with Gasteiger partial charge in [-0.05, 0) is 42.8 Å². The minimum Gasteiger partial charge on any atom is -0.370 e. The Bertz CT molecular complexity index is 1080. The molecule has 0 aliphatic carbocycles. The third kappa shape index (κ3) is 4.10. The minimum atomic E-state index is -0.682. The van der Waals surface area contributed by atoms with Crippen molar-refractivity contribution in [2.75, 3.05) is 37.4 Å². The number of benzene rings is 2. The van der Waals surface area contributed by atoms with Gasteiger partial charge in [-0.15, -0.1) is 5.10 Å². The number of anilines is 3. The smallest absolute Gasteiger partial charge is 0.246 e. The van der Waals surface area contributed by atoms with E-state index in [1.807, 2.05) is 19.1 Å². The van der Waals surface area contributed by atoms with Gasteiger partial charge in [-0.2, -0.15) is 4.98 Å². The van der Waals surface area contributed by atoms with Crippen molar-refractivity contribution in [1.82, 2.24) is 19.7 Å². The van der Waals surface area contributed by atoms with Crippen LogP contribution in [0.1, 0.15) is 6.99 Å². The van der Waals surface area contributed by atoms with E-state index in [1.54, 1.807) is 19.0 Å². The number of aryl methyl sites for hydroxylation is 1. The average molecular weight is 414 g/mol. The lowest BCUT2D eigenvalue weighted by atomic mass is 9.97. The third-order valence-corrected chi connectivity index (χ3v) is 4.96. The summed E-state index contributed by atoms with van der Waals surface area (Å²) in [7, 11) is 3.54. The van der Waals surface area contributed by atoms with E-state index >= 15 is 0 Å². The van der Waals surface area contributed by atoms with Gasteiger partial charge in [0.05, 0.1) is 11.6 Å². The number of carbonyl (C=O) groups excluding carboxylic acids is 1. The molecule has 1 aromatic heterocycles. The Morgan fingerprint density at radius 1 is 1.10 bits per heavy atom. The lowest BCUT2D eigenvalue weighted by Crippen LogP contribution is -2.53. The summed E-state index contributed by atoms with van der Waals surface area (Å²) in [6.07, 6.45) is 1.39. The highest BCUT2D eigenvalue weighted by Gasteiger charge is 2.33. The van der Waals surface area contributed by atoms with E-state index in [0.29, 0.717) is 19.0 Å². The lowest BCUT2D eigenvalue weighted by Gasteiger charge is -2.41. The molecule has 0 unspecified atom stereocenters. The first kappa shape index (κ1) is 19.8. The van der Waals surface area contributed by atoms with Gasteiger partial charge in [-0.25, -0.2) is 13.5 Å². The van der Waals surface area contributed by atoms with Crippen LogP contribution in [0.25, 0.3) is 5.69 Å². The van der Waals surface area contributed by atoms with Gasteiger partial charge in [-0.3, -0.25) is 4.79 Å². The molecule has 30 heavy (non-hydrogen) atoms. The standard InChI is InChI=1S/C21H22F2N6O.H2/c1-13-4-17(9-18(5-13)28-10-14(11-28)20(30)27(2)3)25-21-24-12-29(26-21)19-7-15(22)6-16(23)8-19;/h4-9,12,14H,10-11H2,1-3H3,(H,25,26);1H. The van der Waals surface area contributed by atoms with Gasteiger partial charge in [0.2, 0.25) is 11.9 Å². The Kier molecular flexibility index (Phi) is 5.11. The van der Waals surface area contributed by atoms with E-state index in [1.165, 1.54) is 23.1 Å². The molecule has 4 rings (SSSR count). The number of carbonyl (C=O) groups is 1. The van der Waals surface area contributed by atoms with Crippen molar-refractivity contribution in [3.63, 3.8) is 0 Å². The Hall–Kier alpha value is -3.49. The molecule has 0 bridgehead atoms. The molecule has 1 saturated heterocycles. The number of aromatic nitrogens is 3. The van der Waals surface area contributed by atoms with Crippen molar-refractivity contribution in [3.8, 4) is 5.69 Å². The zero-order valence-corrected chi connectivity index (χ0v) is 16.9. The second-order valence-corrected chi connectivity index (χ2v) is 7.66. The molecule has 0 saturated carbocycles. The quantitative estimate of drug-likeness (QED) is 0.694. The first-order valence-electron chi connectivity index (χ1n) is 9.51. The number of rotatable bonds is 5. The molecule has 0 radical (unpaired) electrons. The van der Waals surface area contributed by atoms with Crippen LogP contribution in [-0.4, -0.2) is 52.8 Å². The number of hydrogen-bond donors (Lipinski definition) is 1. The topological polar surface area (TPSA) is 66.3 Å². The van der Waals surface area contributed by atoms with Crippen LogP contribution in [0.4, 0.5) is 26.1 Å². The lowest BCUT2D eigenvalue weighted by molar-refractivity contribution is -0.133. The molecule has 1 fully saturated rings. The highest BCUT2D eigenvalue weighted by atomic mass is 19.1. The maximum atomic E-state index is 13.4. The molecule has 1 aliphatic rings. The molecule has 2 aromatic carbocycles. The predicted octanol–water partition coefficient (Wildman–Crippen LogP) is 3.37. The van der Waals surface area contributed by atoms with E-state index in [4.69, 9.17) is 0 Å². The van der Waals surface area contributed by atoms with Gasteiger partial charge < -0.3 is 15.1 Å². The van der Waals surface area contributed by atoms with Crippen molar-refractivity contribution in [2.24, 2.45) is 5.92 Å². The SMILES string of the molecule is Cc1cc(Nc2ncn(-c3cc(F)cc(F)c3)n2)cc(N2CC(C(=O)N(C)C)C2)c1.[HH]. The van der Waals surface area contributed by atoms with Crippen LogP contribution >= 0.6 is 0 Å². The number of amides is 1. The number of nitrogens with one attached hydrogen (secondary N) is 1. The summed E-state index contributed by atoms with van der Waals surface area (Å²) in [5, 5.41) is 7.38. The fraction of sp³-hybridized carbons (Fsp3) is 0.286. The van der Waals surface area contributed by atoms with Crippen LogP contribution in [0.3, 0.4) is 0 Å². The maximum absolute atomic E-state index is 13.4. The van der Waals surface area contributed by atoms with Crippen LogP contribution in [0.2, 0.25) is 0 Å². The molecule has 2 heterocycles. The molecule has 0 spiro atoms. The largest absolute Gasteiger partial charge is 0.370 e. The first-order chi connectivity index (χ1) is 14.3. The fourth-order valence-electron chi connectivity index (χ4n) is 3.47. The minimum absolute atomic E-state index is 0. The normalized spacial score (nSPS) is 13.8. The Morgan fingerprint density at radius 2 is 1.80 bits per heavy atom. The van der Waals surface area contributed by atoms with Gasteiger partial charge in [-0.1, -0.05) is 0 Å². The molecular formula is C21H24F2N6O. The monoisotopic (exact) mass is 414 g/mol. The van der Waals surface area contributed by atoms with Crippen molar-refractivity contribution < 1.29 is 15.0 Å². The summed E-state index contributed by atoms with van der Waals surface area (Å²) in [4.78, 5) is 20.0. The van der Waals surface area contributed by atoms with E-state index in [9.17, 15) is 13.6 Å². The van der Waals surface area contributed by atoms with Gasteiger partial charge in [0.1, 0.15) is 18.0 Å². The highest BCUT2D eigenvalue weighted by Crippen LogP contribution is 2.30. The summed E-state index contributed by atoms with van der Waals surface area (Å²) in [5.74, 6) is -0.903. The van der Waals surface area contributed by atoms with E-state index in [2.05, 4.69) is 26.4 Å². The van der Waals surface area contributed by atoms with Gasteiger partial charge in [0, 0.05) is 46.1 Å². The maximum Gasteiger partial charge on any atom is 0.246 e. The van der Waals surface area contributed by atoms with Crippen molar-refractivity contribution in [2.45, 2.75) is 6.92 Å². The number of hydrogen-bond acceptors (Lipinski definition) is 5. The molecule has 1 amide bonds.